The summed E-state index contributed by atoms with van der Waals surface area (Å²) in [5.74, 6) is 0.442. The summed E-state index contributed by atoms with van der Waals surface area (Å²) in [7, 11) is 0. The number of hydrogen-bond acceptors (Lipinski definition) is 2. The predicted molar refractivity (Wildman–Crippen MR) is 68.9 cm³/mol. The van der Waals surface area contributed by atoms with E-state index in [0.29, 0.717) is 25.3 Å². The van der Waals surface area contributed by atoms with Gasteiger partial charge in [0.2, 0.25) is 0 Å². The van der Waals surface area contributed by atoms with Gasteiger partial charge in [0.25, 0.3) is 0 Å². The Balaban J connectivity index is 2.58. The van der Waals surface area contributed by atoms with E-state index in [9.17, 15) is 18.0 Å². The van der Waals surface area contributed by atoms with E-state index in [2.05, 4.69) is 6.92 Å². The van der Waals surface area contributed by atoms with Crippen molar-refractivity contribution in [3.8, 4) is 0 Å². The number of carbonyl (C=O) groups is 1. The zero-order valence-corrected chi connectivity index (χ0v) is 11.8. The van der Waals surface area contributed by atoms with Gasteiger partial charge in [-0.1, -0.05) is 20.3 Å². The second kappa shape index (κ2) is 7.27. The van der Waals surface area contributed by atoms with Gasteiger partial charge in [-0.2, -0.15) is 13.2 Å². The van der Waals surface area contributed by atoms with Gasteiger partial charge in [0.05, 0.1) is 6.54 Å². The van der Waals surface area contributed by atoms with Crippen molar-refractivity contribution in [3.05, 3.63) is 0 Å². The molecule has 2 nitrogen and oxygen atoms in total. The highest BCUT2D eigenvalue weighted by Crippen LogP contribution is 2.30. The average molecular weight is 279 g/mol. The quantitative estimate of drug-likeness (QED) is 0.739. The summed E-state index contributed by atoms with van der Waals surface area (Å²) in [6, 6.07) is 0. The highest BCUT2D eigenvalue weighted by molar-refractivity contribution is 5.81. The van der Waals surface area contributed by atoms with E-state index in [-0.39, 0.29) is 18.2 Å². The molecule has 0 radical (unpaired) electrons. The van der Waals surface area contributed by atoms with Gasteiger partial charge in [-0.15, -0.1) is 0 Å². The Labute approximate surface area is 113 Å². The molecule has 1 aliphatic carbocycles. The molecule has 0 saturated heterocycles. The van der Waals surface area contributed by atoms with Crippen LogP contribution >= 0.6 is 0 Å². The van der Waals surface area contributed by atoms with Crippen molar-refractivity contribution >= 4 is 5.78 Å². The third kappa shape index (κ3) is 5.93. The van der Waals surface area contributed by atoms with Crippen LogP contribution in [-0.2, 0) is 4.79 Å². The third-order valence-corrected chi connectivity index (χ3v) is 3.87. The maximum absolute atomic E-state index is 12.5. The second-order valence-electron chi connectivity index (χ2n) is 5.56. The molecule has 0 N–H and O–H groups in total. The minimum Gasteiger partial charge on any atom is -0.299 e. The Hall–Kier alpha value is -0.580. The van der Waals surface area contributed by atoms with E-state index in [1.165, 1.54) is 4.90 Å². The number of alkyl halides is 3. The topological polar surface area (TPSA) is 20.3 Å². The Morgan fingerprint density at radius 3 is 2.53 bits per heavy atom. The van der Waals surface area contributed by atoms with Crippen molar-refractivity contribution in [2.75, 3.05) is 19.6 Å². The molecule has 1 fully saturated rings. The molecule has 0 spiro atoms. The number of hydrogen-bond donors (Lipinski definition) is 0. The largest absolute Gasteiger partial charge is 0.401 e. The van der Waals surface area contributed by atoms with Gasteiger partial charge < -0.3 is 0 Å². The molecule has 2 unspecified atom stereocenters. The Bertz CT molecular complexity index is 291. The van der Waals surface area contributed by atoms with E-state index < -0.39 is 12.7 Å². The number of nitrogens with zero attached hydrogens (tertiary/aromatic N) is 1. The molecular formula is C14H24F3NO. The molecule has 0 bridgehead atoms. The summed E-state index contributed by atoms with van der Waals surface area (Å²) < 4.78 is 37.5. The molecule has 112 valence electrons. The molecule has 1 aliphatic rings. The molecule has 0 amide bonds. The smallest absolute Gasteiger partial charge is 0.299 e. The molecule has 2 atom stereocenters. The first-order chi connectivity index (χ1) is 8.85. The lowest BCUT2D eigenvalue weighted by atomic mass is 9.79. The molecule has 0 aromatic carbocycles. The van der Waals surface area contributed by atoms with Gasteiger partial charge in [0, 0.05) is 18.9 Å². The van der Waals surface area contributed by atoms with Crippen LogP contribution in [0.4, 0.5) is 13.2 Å². The van der Waals surface area contributed by atoms with Gasteiger partial charge in [0.15, 0.2) is 0 Å². The average Bonchev–Trinajstić information content (AvgIpc) is 2.30. The Kier molecular flexibility index (Phi) is 6.30. The first-order valence-electron chi connectivity index (χ1n) is 7.17. The number of carbonyl (C=O) groups excluding carboxylic acids is 1. The number of halogens is 3. The summed E-state index contributed by atoms with van der Waals surface area (Å²) in [5, 5.41) is 0. The zero-order valence-electron chi connectivity index (χ0n) is 11.8. The Morgan fingerprint density at radius 2 is 2.00 bits per heavy atom. The number of rotatable bonds is 6. The monoisotopic (exact) mass is 279 g/mol. The van der Waals surface area contributed by atoms with Crippen LogP contribution in [0.15, 0.2) is 0 Å². The van der Waals surface area contributed by atoms with Crippen LogP contribution in [0.5, 0.6) is 0 Å². The first kappa shape index (κ1) is 16.5. The van der Waals surface area contributed by atoms with Crippen molar-refractivity contribution in [1.82, 2.24) is 4.90 Å². The highest BCUT2D eigenvalue weighted by Gasteiger charge is 2.34. The van der Waals surface area contributed by atoms with Crippen LogP contribution in [0.2, 0.25) is 0 Å². The zero-order chi connectivity index (χ0) is 14.5. The molecule has 1 saturated carbocycles. The minimum absolute atomic E-state index is 0.146. The maximum Gasteiger partial charge on any atom is 0.401 e. The summed E-state index contributed by atoms with van der Waals surface area (Å²) >= 11 is 0. The van der Waals surface area contributed by atoms with Crippen molar-refractivity contribution in [2.24, 2.45) is 11.8 Å². The van der Waals surface area contributed by atoms with E-state index in [1.807, 2.05) is 6.92 Å². The number of ketones is 1. The summed E-state index contributed by atoms with van der Waals surface area (Å²) in [6.07, 6.45) is -0.302. The lowest BCUT2D eigenvalue weighted by molar-refractivity contribution is -0.150. The minimum atomic E-state index is -4.18. The van der Waals surface area contributed by atoms with Crippen molar-refractivity contribution < 1.29 is 18.0 Å². The normalized spacial score (nSPS) is 25.1. The summed E-state index contributed by atoms with van der Waals surface area (Å²) in [6.45, 7) is 3.71. The van der Waals surface area contributed by atoms with Gasteiger partial charge in [-0.25, -0.2) is 0 Å². The van der Waals surface area contributed by atoms with Gasteiger partial charge in [0.1, 0.15) is 5.78 Å². The fourth-order valence-electron chi connectivity index (χ4n) is 2.87. The molecule has 1 rings (SSSR count). The van der Waals surface area contributed by atoms with Gasteiger partial charge in [-0.3, -0.25) is 9.69 Å². The fraction of sp³-hybridized carbons (Fsp3) is 0.929. The van der Waals surface area contributed by atoms with Crippen LogP contribution < -0.4 is 0 Å². The summed E-state index contributed by atoms with van der Waals surface area (Å²) in [5.41, 5.74) is 0. The third-order valence-electron chi connectivity index (χ3n) is 3.87. The lowest BCUT2D eigenvalue weighted by Gasteiger charge is -2.32. The van der Waals surface area contributed by atoms with Crippen molar-refractivity contribution in [3.63, 3.8) is 0 Å². The van der Waals surface area contributed by atoms with Crippen LogP contribution in [0.1, 0.15) is 46.0 Å². The highest BCUT2D eigenvalue weighted by atomic mass is 19.4. The molecule has 5 heteroatoms. The molecule has 0 aromatic rings. The van der Waals surface area contributed by atoms with Gasteiger partial charge in [-0.05, 0) is 31.7 Å². The molecule has 0 aromatic heterocycles. The molecular weight excluding hydrogens is 255 g/mol. The van der Waals surface area contributed by atoms with Crippen molar-refractivity contribution in [1.29, 1.82) is 0 Å². The summed E-state index contributed by atoms with van der Waals surface area (Å²) in [4.78, 5) is 13.2. The predicted octanol–water partition coefficient (Wildman–Crippen LogP) is 3.66. The Morgan fingerprint density at radius 1 is 1.32 bits per heavy atom. The first-order valence-corrected chi connectivity index (χ1v) is 7.17. The molecule has 0 aliphatic heterocycles. The fourth-order valence-corrected chi connectivity index (χ4v) is 2.87. The molecule has 0 heterocycles. The second-order valence-corrected chi connectivity index (χ2v) is 5.56. The van der Waals surface area contributed by atoms with E-state index >= 15 is 0 Å². The van der Waals surface area contributed by atoms with E-state index in [1.54, 1.807) is 0 Å². The van der Waals surface area contributed by atoms with E-state index in [0.717, 1.165) is 19.3 Å². The lowest BCUT2D eigenvalue weighted by Crippen LogP contribution is -2.41. The van der Waals surface area contributed by atoms with Crippen LogP contribution in [0, 0.1) is 11.8 Å². The number of Topliss-reactive ketones (excluding diaryl/α,β-unsaturated/α-hetero) is 1. The van der Waals surface area contributed by atoms with Crippen molar-refractivity contribution in [2.45, 2.75) is 52.1 Å². The van der Waals surface area contributed by atoms with Crippen LogP contribution in [0.25, 0.3) is 0 Å². The van der Waals surface area contributed by atoms with Gasteiger partial charge >= 0.3 is 6.18 Å². The molecule has 19 heavy (non-hydrogen) atoms. The van der Waals surface area contributed by atoms with E-state index in [4.69, 9.17) is 0 Å². The maximum atomic E-state index is 12.5. The van der Waals surface area contributed by atoms with Crippen LogP contribution in [0.3, 0.4) is 0 Å². The standard InChI is InChI=1S/C14H24F3NO/c1-3-7-18(10-14(15,16)17)9-12-8-11(4-2)5-6-13(12)19/h11-12H,3-10H2,1-2H3. The SMILES string of the molecule is CCCN(CC1CC(CC)CCC1=O)CC(F)(F)F. The van der Waals surface area contributed by atoms with Crippen LogP contribution in [-0.4, -0.2) is 36.5 Å².